The second-order valence-electron chi connectivity index (χ2n) is 8.43. The Kier molecular flexibility index (Phi) is 8.77. The van der Waals surface area contributed by atoms with Gasteiger partial charge in [0, 0.05) is 29.4 Å². The number of benzene rings is 2. The Bertz CT molecular complexity index is 1300. The summed E-state index contributed by atoms with van der Waals surface area (Å²) < 4.78 is 216. The number of anilines is 1. The Morgan fingerprint density at radius 2 is 0.881 bits per heavy atom. The van der Waals surface area contributed by atoms with Crippen LogP contribution in [0.4, 0.5) is 75.9 Å². The molecule has 0 radical (unpaired) electrons. The van der Waals surface area contributed by atoms with Gasteiger partial charge in [-0.15, -0.1) is 0 Å². The first kappa shape index (κ1) is 34.7. The molecule has 42 heavy (non-hydrogen) atoms. The van der Waals surface area contributed by atoms with Crippen molar-refractivity contribution in [3.8, 4) is 0 Å². The zero-order valence-corrected chi connectivity index (χ0v) is 20.1. The number of hydrogen-bond acceptors (Lipinski definition) is 3. The van der Waals surface area contributed by atoms with Crippen molar-refractivity contribution in [3.05, 3.63) is 65.2 Å². The number of nitrogens with one attached hydrogen (secondary N) is 1. The number of carbonyl (C=O) groups excluding carboxylic acids is 2. The molecule has 0 atom stereocenters. The van der Waals surface area contributed by atoms with Gasteiger partial charge in [-0.3, -0.25) is 9.59 Å². The van der Waals surface area contributed by atoms with Gasteiger partial charge in [0.15, 0.2) is 5.78 Å². The highest BCUT2D eigenvalue weighted by molar-refractivity contribution is 6.10. The molecule has 2 rings (SSSR count). The van der Waals surface area contributed by atoms with Gasteiger partial charge in [-0.1, -0.05) is 24.3 Å². The Hall–Kier alpha value is -3.54. The number of hydrogen-bond donors (Lipinski definition) is 1. The average Bonchev–Trinajstić information content (AvgIpc) is 2.91. The van der Waals surface area contributed by atoms with E-state index in [1.165, 1.54) is 31.3 Å². The second-order valence-corrected chi connectivity index (χ2v) is 8.43. The van der Waals surface area contributed by atoms with E-state index < -0.39 is 70.6 Å². The summed E-state index contributed by atoms with van der Waals surface area (Å²) >= 11 is 0. The molecule has 0 aliphatic rings. The quantitative estimate of drug-likeness (QED) is 0.190. The molecule has 0 heterocycles. The maximum atomic E-state index is 14.3. The molecule has 19 heteroatoms. The van der Waals surface area contributed by atoms with E-state index in [1.807, 2.05) is 0 Å². The fourth-order valence-corrected chi connectivity index (χ4v) is 3.19. The minimum Gasteiger partial charge on any atom is -0.388 e. The summed E-state index contributed by atoms with van der Waals surface area (Å²) in [5, 5.41) is 2.70. The molecule has 0 unspecified atom stereocenters. The van der Waals surface area contributed by atoms with E-state index in [9.17, 15) is 79.8 Å². The lowest BCUT2D eigenvalue weighted by molar-refractivity contribution is -0.443. The van der Waals surface area contributed by atoms with E-state index in [4.69, 9.17) is 0 Å². The van der Waals surface area contributed by atoms with Gasteiger partial charge in [-0.25, -0.2) is 8.78 Å². The topological polar surface area (TPSA) is 46.2 Å². The lowest BCUT2D eigenvalue weighted by Crippen LogP contribution is -2.74. The first-order valence-electron chi connectivity index (χ1n) is 10.7. The van der Waals surface area contributed by atoms with Crippen molar-refractivity contribution in [1.82, 2.24) is 0 Å². The maximum absolute atomic E-state index is 14.3. The van der Waals surface area contributed by atoms with E-state index in [0.29, 0.717) is 17.8 Å². The molecular formula is C23H13F16NO2. The molecule has 0 bridgehead atoms. The molecule has 0 aliphatic carbocycles. The van der Waals surface area contributed by atoms with E-state index in [0.717, 1.165) is 0 Å². The zero-order valence-electron chi connectivity index (χ0n) is 20.1. The standard InChI is InChI=1S/C23H13F16NO2/c1-40-13-8-6-11(7-9-13)14(41)10-2-4-12(5-3-10)15(42)17(26,27)19(30,31)21(34,35)23(38,39)22(36,37)20(32,33)18(28,29)16(24)25/h2-9,16,40H,1H3. The normalized spacial score (nSPS) is 14.2. The molecular weight excluding hydrogens is 626 g/mol. The fraction of sp³-hybridized carbons (Fsp3) is 0.391. The summed E-state index contributed by atoms with van der Waals surface area (Å²) in [6, 6.07) is 6.57. The predicted octanol–water partition coefficient (Wildman–Crippen LogP) is 7.85. The molecule has 0 aliphatic heterocycles. The molecule has 0 aromatic heterocycles. The van der Waals surface area contributed by atoms with Crippen molar-refractivity contribution in [3.63, 3.8) is 0 Å². The van der Waals surface area contributed by atoms with Crippen LogP contribution in [0.1, 0.15) is 26.3 Å². The number of Topliss-reactive ketones (excluding diaryl/α,β-unsaturated/α-hetero) is 1. The van der Waals surface area contributed by atoms with Crippen molar-refractivity contribution in [1.29, 1.82) is 0 Å². The first-order chi connectivity index (χ1) is 18.8. The van der Waals surface area contributed by atoms with Crippen LogP contribution in [0, 0.1) is 0 Å². The molecule has 0 spiro atoms. The zero-order chi connectivity index (χ0) is 32.9. The van der Waals surface area contributed by atoms with Crippen molar-refractivity contribution in [2.45, 2.75) is 47.9 Å². The van der Waals surface area contributed by atoms with Crippen molar-refractivity contribution >= 4 is 17.3 Å². The summed E-state index contributed by atoms with van der Waals surface area (Å²) in [5.41, 5.74) is -1.68. The fourth-order valence-electron chi connectivity index (χ4n) is 3.19. The van der Waals surface area contributed by atoms with Gasteiger partial charge < -0.3 is 5.32 Å². The van der Waals surface area contributed by atoms with E-state index in [1.54, 1.807) is 0 Å². The predicted molar refractivity (Wildman–Crippen MR) is 111 cm³/mol. The third-order valence-corrected chi connectivity index (χ3v) is 5.79. The van der Waals surface area contributed by atoms with Crippen LogP contribution in [0.2, 0.25) is 0 Å². The highest BCUT2D eigenvalue weighted by Gasteiger charge is 2.94. The summed E-state index contributed by atoms with van der Waals surface area (Å²) in [7, 11) is 1.52. The molecule has 0 saturated carbocycles. The third kappa shape index (κ3) is 4.93. The minimum absolute atomic E-state index is 0.0537. The molecule has 1 N–H and O–H groups in total. The van der Waals surface area contributed by atoms with Crippen LogP contribution in [-0.2, 0) is 0 Å². The molecule has 0 amide bonds. The minimum atomic E-state index is -8.60. The molecule has 234 valence electrons. The summed E-state index contributed by atoms with van der Waals surface area (Å²) in [4.78, 5) is 24.4. The van der Waals surface area contributed by atoms with Crippen LogP contribution in [0.25, 0.3) is 0 Å². The van der Waals surface area contributed by atoms with Crippen molar-refractivity contribution in [2.24, 2.45) is 0 Å². The lowest BCUT2D eigenvalue weighted by atomic mass is 9.87. The highest BCUT2D eigenvalue weighted by atomic mass is 19.4. The lowest BCUT2D eigenvalue weighted by Gasteiger charge is -2.42. The van der Waals surface area contributed by atoms with Crippen LogP contribution >= 0.6 is 0 Å². The molecule has 0 saturated heterocycles. The highest BCUT2D eigenvalue weighted by Crippen LogP contribution is 2.63. The summed E-state index contributed by atoms with van der Waals surface area (Å²) in [6.07, 6.45) is -5.95. The smallest absolute Gasteiger partial charge is 0.386 e. The van der Waals surface area contributed by atoms with E-state index in [-0.39, 0.29) is 17.7 Å². The van der Waals surface area contributed by atoms with Gasteiger partial charge in [0.25, 0.3) is 0 Å². The Labute approximate surface area is 223 Å². The number of halogens is 16. The number of alkyl halides is 16. The van der Waals surface area contributed by atoms with Crippen LogP contribution in [-0.4, -0.2) is 66.5 Å². The average molecular weight is 639 g/mol. The van der Waals surface area contributed by atoms with Gasteiger partial charge in [0.05, 0.1) is 0 Å². The van der Waals surface area contributed by atoms with Crippen LogP contribution < -0.4 is 5.32 Å². The molecule has 3 nitrogen and oxygen atoms in total. The van der Waals surface area contributed by atoms with Crippen LogP contribution in [0.15, 0.2) is 48.5 Å². The molecule has 2 aromatic rings. The Morgan fingerprint density at radius 3 is 1.26 bits per heavy atom. The van der Waals surface area contributed by atoms with Gasteiger partial charge >= 0.3 is 47.9 Å². The van der Waals surface area contributed by atoms with Crippen molar-refractivity contribution in [2.75, 3.05) is 12.4 Å². The number of carbonyl (C=O) groups is 2. The third-order valence-electron chi connectivity index (χ3n) is 5.79. The summed E-state index contributed by atoms with van der Waals surface area (Å²) in [5.74, 6) is -60.9. The monoisotopic (exact) mass is 639 g/mol. The van der Waals surface area contributed by atoms with E-state index in [2.05, 4.69) is 5.32 Å². The maximum Gasteiger partial charge on any atom is 0.386 e. The molecule has 0 fully saturated rings. The Morgan fingerprint density at radius 1 is 0.548 bits per heavy atom. The van der Waals surface area contributed by atoms with E-state index >= 15 is 0 Å². The van der Waals surface area contributed by atoms with Gasteiger partial charge in [-0.05, 0) is 24.3 Å². The largest absolute Gasteiger partial charge is 0.388 e. The Balaban J connectivity index is 2.48. The van der Waals surface area contributed by atoms with Gasteiger partial charge in [0.1, 0.15) is 0 Å². The van der Waals surface area contributed by atoms with Crippen LogP contribution in [0.3, 0.4) is 0 Å². The summed E-state index contributed by atoms with van der Waals surface area (Å²) in [6.45, 7) is 0. The number of ketones is 2. The first-order valence-corrected chi connectivity index (χ1v) is 10.7. The second kappa shape index (κ2) is 10.6. The van der Waals surface area contributed by atoms with Gasteiger partial charge in [0.2, 0.25) is 5.78 Å². The number of rotatable bonds is 12. The van der Waals surface area contributed by atoms with Crippen LogP contribution in [0.5, 0.6) is 0 Å². The van der Waals surface area contributed by atoms with Gasteiger partial charge in [-0.2, -0.15) is 61.5 Å². The molecule has 2 aromatic carbocycles. The SMILES string of the molecule is CNc1ccc(C(=O)c2ccc(C(=O)C(F)(F)C(F)(F)C(F)(F)C(F)(F)C(F)(F)C(F)(F)C(F)(F)C(F)F)cc2)cc1. The van der Waals surface area contributed by atoms with Crippen molar-refractivity contribution < 1.29 is 79.8 Å².